The van der Waals surface area contributed by atoms with Gasteiger partial charge in [0.2, 0.25) is 21.8 Å². The van der Waals surface area contributed by atoms with Crippen molar-refractivity contribution in [2.24, 2.45) is 11.8 Å². The van der Waals surface area contributed by atoms with Crippen LogP contribution in [0.25, 0.3) is 0 Å². The fourth-order valence-corrected chi connectivity index (χ4v) is 6.96. The van der Waals surface area contributed by atoms with Gasteiger partial charge in [0.05, 0.1) is 17.4 Å². The third-order valence-electron chi connectivity index (χ3n) is 7.34. The van der Waals surface area contributed by atoms with E-state index in [2.05, 4.69) is 0 Å². The predicted octanol–water partition coefficient (Wildman–Crippen LogP) is 2.19. The minimum atomic E-state index is -3.69. The van der Waals surface area contributed by atoms with Gasteiger partial charge >= 0.3 is 5.97 Å². The molecule has 1 aromatic rings. The van der Waals surface area contributed by atoms with E-state index in [0.717, 1.165) is 36.9 Å². The minimum Gasteiger partial charge on any atom is -0.466 e. The van der Waals surface area contributed by atoms with Crippen LogP contribution < -0.4 is 4.90 Å². The normalized spacial score (nSPS) is 21.9. The SMILES string of the molecule is CCOC(=O)[C@@H]1CCCN(C(=O)C2CCN(S(=O)(=O)c3ccc4c(c3)CCCN4C(C)=O)CC2)C1. The quantitative estimate of drug-likeness (QED) is 0.568. The summed E-state index contributed by atoms with van der Waals surface area (Å²) in [5.41, 5.74) is 1.66. The van der Waals surface area contributed by atoms with E-state index in [9.17, 15) is 22.8 Å². The van der Waals surface area contributed by atoms with Gasteiger partial charge in [-0.2, -0.15) is 4.31 Å². The molecule has 0 unspecified atom stereocenters. The van der Waals surface area contributed by atoms with Gasteiger partial charge in [-0.25, -0.2) is 8.42 Å². The molecule has 192 valence electrons. The molecule has 0 radical (unpaired) electrons. The highest BCUT2D eigenvalue weighted by molar-refractivity contribution is 7.89. The van der Waals surface area contributed by atoms with Gasteiger partial charge in [-0.15, -0.1) is 0 Å². The standard InChI is InChI=1S/C25H35N3O6S/c1-3-34-25(31)21-7-4-12-26(17-21)24(30)19-10-14-27(15-11-19)35(32,33)22-8-9-23-20(16-22)6-5-13-28(23)18(2)29/h8-9,16,19,21H,3-7,10-15,17H2,1-2H3/t21-/m1/s1. The molecule has 0 N–H and O–H groups in total. The highest BCUT2D eigenvalue weighted by atomic mass is 32.2. The van der Waals surface area contributed by atoms with Gasteiger partial charge in [0.25, 0.3) is 0 Å². The number of carbonyl (C=O) groups is 3. The first-order valence-electron chi connectivity index (χ1n) is 12.6. The van der Waals surface area contributed by atoms with Gasteiger partial charge in [-0.05, 0) is 69.2 Å². The number of benzene rings is 1. The molecule has 2 saturated heterocycles. The molecule has 1 atom stereocenters. The molecule has 0 aliphatic carbocycles. The van der Waals surface area contributed by atoms with Crippen LogP contribution >= 0.6 is 0 Å². The van der Waals surface area contributed by atoms with Gasteiger partial charge in [-0.1, -0.05) is 0 Å². The second kappa shape index (κ2) is 10.7. The fraction of sp³-hybridized carbons (Fsp3) is 0.640. The van der Waals surface area contributed by atoms with Crippen molar-refractivity contribution in [1.82, 2.24) is 9.21 Å². The summed E-state index contributed by atoms with van der Waals surface area (Å²) < 4.78 is 33.3. The lowest BCUT2D eigenvalue weighted by molar-refractivity contribution is -0.152. The molecule has 35 heavy (non-hydrogen) atoms. The van der Waals surface area contributed by atoms with Crippen molar-refractivity contribution in [1.29, 1.82) is 0 Å². The number of nitrogens with zero attached hydrogens (tertiary/aromatic N) is 3. The Balaban J connectivity index is 1.39. The summed E-state index contributed by atoms with van der Waals surface area (Å²) in [6, 6.07) is 5.01. The number of esters is 1. The number of sulfonamides is 1. The van der Waals surface area contributed by atoms with Crippen molar-refractivity contribution in [2.45, 2.75) is 57.3 Å². The Bertz CT molecular complexity index is 1080. The first-order chi connectivity index (χ1) is 16.7. The maximum Gasteiger partial charge on any atom is 0.310 e. The number of rotatable bonds is 5. The zero-order valence-corrected chi connectivity index (χ0v) is 21.4. The third-order valence-corrected chi connectivity index (χ3v) is 9.24. The van der Waals surface area contributed by atoms with E-state index >= 15 is 0 Å². The number of fused-ring (bicyclic) bond motifs is 1. The molecule has 4 rings (SSSR count). The molecule has 3 aliphatic rings. The Hall–Kier alpha value is -2.46. The zero-order valence-electron chi connectivity index (χ0n) is 20.6. The molecule has 1 aromatic carbocycles. The third kappa shape index (κ3) is 5.38. The van der Waals surface area contributed by atoms with Gasteiger partial charge in [-0.3, -0.25) is 14.4 Å². The topological polar surface area (TPSA) is 104 Å². The summed E-state index contributed by atoms with van der Waals surface area (Å²) in [6.45, 7) is 5.84. The highest BCUT2D eigenvalue weighted by Crippen LogP contribution is 2.32. The fourth-order valence-electron chi connectivity index (χ4n) is 5.44. The van der Waals surface area contributed by atoms with Crippen molar-refractivity contribution in [3.63, 3.8) is 0 Å². The lowest BCUT2D eigenvalue weighted by Gasteiger charge is -2.37. The van der Waals surface area contributed by atoms with Crippen LogP contribution in [0.15, 0.2) is 23.1 Å². The van der Waals surface area contributed by atoms with Crippen LogP contribution in [0.1, 0.15) is 51.5 Å². The molecule has 9 nitrogen and oxygen atoms in total. The molecule has 0 bridgehead atoms. The molecule has 2 fully saturated rings. The summed E-state index contributed by atoms with van der Waals surface area (Å²) in [6.07, 6.45) is 3.95. The Morgan fingerprint density at radius 2 is 1.74 bits per heavy atom. The van der Waals surface area contributed by atoms with Crippen LogP contribution in [0.3, 0.4) is 0 Å². The van der Waals surface area contributed by atoms with Crippen molar-refractivity contribution in [3.8, 4) is 0 Å². The highest BCUT2D eigenvalue weighted by Gasteiger charge is 2.37. The number of ether oxygens (including phenoxy) is 1. The number of piperidine rings is 2. The lowest BCUT2D eigenvalue weighted by atomic mass is 9.93. The first kappa shape index (κ1) is 25.6. The number of aryl methyl sites for hydroxylation is 1. The van der Waals surface area contributed by atoms with Crippen LogP contribution in [0, 0.1) is 11.8 Å². The predicted molar refractivity (Wildman–Crippen MR) is 130 cm³/mol. The van der Waals surface area contributed by atoms with Crippen molar-refractivity contribution >= 4 is 33.5 Å². The molecule has 2 amide bonds. The van der Waals surface area contributed by atoms with E-state index in [1.54, 1.807) is 34.9 Å². The Morgan fingerprint density at radius 3 is 2.43 bits per heavy atom. The molecule has 3 aliphatic heterocycles. The van der Waals surface area contributed by atoms with E-state index in [-0.39, 0.29) is 47.6 Å². The number of amides is 2. The van der Waals surface area contributed by atoms with Gasteiger partial charge < -0.3 is 14.5 Å². The van der Waals surface area contributed by atoms with Crippen LogP contribution in [-0.2, 0) is 35.6 Å². The average molecular weight is 506 g/mol. The summed E-state index contributed by atoms with van der Waals surface area (Å²) in [7, 11) is -3.69. The monoisotopic (exact) mass is 505 g/mol. The van der Waals surface area contributed by atoms with Gasteiger partial charge in [0, 0.05) is 51.3 Å². The molecular formula is C25H35N3O6S. The average Bonchev–Trinajstić information content (AvgIpc) is 2.87. The maximum absolute atomic E-state index is 13.3. The Labute approximate surface area is 207 Å². The molecule has 3 heterocycles. The summed E-state index contributed by atoms with van der Waals surface area (Å²) in [4.78, 5) is 40.8. The lowest BCUT2D eigenvalue weighted by Crippen LogP contribution is -2.48. The number of hydrogen-bond acceptors (Lipinski definition) is 6. The number of carbonyl (C=O) groups excluding carboxylic acids is 3. The van der Waals surface area contributed by atoms with Crippen molar-refractivity contribution in [2.75, 3.05) is 44.2 Å². The second-order valence-corrected chi connectivity index (χ2v) is 11.6. The number of likely N-dealkylation sites (tertiary alicyclic amines) is 1. The Morgan fingerprint density at radius 1 is 1.00 bits per heavy atom. The Kier molecular flexibility index (Phi) is 7.80. The summed E-state index contributed by atoms with van der Waals surface area (Å²) in [5.74, 6) is -0.807. The van der Waals surface area contributed by atoms with E-state index in [1.807, 2.05) is 0 Å². The van der Waals surface area contributed by atoms with E-state index < -0.39 is 10.0 Å². The summed E-state index contributed by atoms with van der Waals surface area (Å²) >= 11 is 0. The van der Waals surface area contributed by atoms with Crippen molar-refractivity contribution < 1.29 is 27.5 Å². The molecular weight excluding hydrogens is 470 g/mol. The molecule has 0 spiro atoms. The molecule has 0 saturated carbocycles. The smallest absolute Gasteiger partial charge is 0.310 e. The van der Waals surface area contributed by atoms with E-state index in [1.165, 1.54) is 11.2 Å². The van der Waals surface area contributed by atoms with Crippen LogP contribution in [0.4, 0.5) is 5.69 Å². The minimum absolute atomic E-state index is 0.00847. The number of hydrogen-bond donors (Lipinski definition) is 0. The van der Waals surface area contributed by atoms with Crippen LogP contribution in [0.5, 0.6) is 0 Å². The second-order valence-electron chi connectivity index (χ2n) is 9.62. The van der Waals surface area contributed by atoms with Crippen molar-refractivity contribution in [3.05, 3.63) is 23.8 Å². The first-order valence-corrected chi connectivity index (χ1v) is 14.0. The summed E-state index contributed by atoms with van der Waals surface area (Å²) in [5, 5.41) is 0. The zero-order chi connectivity index (χ0) is 25.2. The van der Waals surface area contributed by atoms with E-state index in [0.29, 0.717) is 39.1 Å². The van der Waals surface area contributed by atoms with Gasteiger partial charge in [0.1, 0.15) is 0 Å². The molecule has 10 heteroatoms. The maximum atomic E-state index is 13.3. The van der Waals surface area contributed by atoms with Crippen LogP contribution in [0.2, 0.25) is 0 Å². The largest absolute Gasteiger partial charge is 0.466 e. The van der Waals surface area contributed by atoms with Gasteiger partial charge in [0.15, 0.2) is 0 Å². The molecule has 0 aromatic heterocycles. The number of anilines is 1. The van der Waals surface area contributed by atoms with E-state index in [4.69, 9.17) is 4.74 Å². The van der Waals surface area contributed by atoms with Crippen LogP contribution in [-0.4, -0.2) is 74.7 Å².